The van der Waals surface area contributed by atoms with Crippen LogP contribution in [0.3, 0.4) is 0 Å². The quantitative estimate of drug-likeness (QED) is 0.291. The highest BCUT2D eigenvalue weighted by atomic mass is 16.5. The van der Waals surface area contributed by atoms with Gasteiger partial charge < -0.3 is 20.7 Å². The van der Waals surface area contributed by atoms with E-state index in [1.165, 1.54) is 34.8 Å². The van der Waals surface area contributed by atoms with E-state index in [1.807, 2.05) is 0 Å². The molecule has 2 atom stereocenters. The molecule has 1 aromatic rings. The van der Waals surface area contributed by atoms with E-state index >= 15 is 0 Å². The summed E-state index contributed by atoms with van der Waals surface area (Å²) in [5, 5.41) is 18.3. The van der Waals surface area contributed by atoms with E-state index in [4.69, 9.17) is 9.84 Å². The normalized spacial score (nSPS) is 16.1. The predicted octanol–water partition coefficient (Wildman–Crippen LogP) is 7.52. The minimum absolute atomic E-state index is 0.0278. The Kier molecular flexibility index (Phi) is 13.2. The Hall–Kier alpha value is -1.88. The highest BCUT2D eigenvalue weighted by Gasteiger charge is 2.33. The molecule has 204 valence electrons. The maximum Gasteiger partial charge on any atom is 0.122 e. The molecular weight excluding hydrogens is 446 g/mol. The molecule has 1 aliphatic carbocycles. The van der Waals surface area contributed by atoms with Gasteiger partial charge in [-0.1, -0.05) is 77.5 Å². The zero-order valence-corrected chi connectivity index (χ0v) is 24.4. The molecule has 0 aromatic heterocycles. The Morgan fingerprint density at radius 2 is 1.67 bits per heavy atom. The lowest BCUT2D eigenvalue weighted by Crippen LogP contribution is -2.27. The zero-order valence-electron chi connectivity index (χ0n) is 24.4. The molecule has 0 saturated heterocycles. The number of aliphatic hydroxyl groups excluding tert-OH is 2. The number of rotatable bonds is 10. The second kappa shape index (κ2) is 14.8. The topological polar surface area (TPSA) is 75.7 Å². The monoisotopic (exact) mass is 499 g/mol. The highest BCUT2D eigenvalue weighted by molar-refractivity contribution is 5.48. The first-order valence-electron chi connectivity index (χ1n) is 13.7. The van der Waals surface area contributed by atoms with Gasteiger partial charge in [-0.3, -0.25) is 0 Å². The smallest absolute Gasteiger partial charge is 0.122 e. The molecule has 0 radical (unpaired) electrons. The molecule has 4 N–H and O–H groups in total. The molecule has 1 aliphatic rings. The highest BCUT2D eigenvalue weighted by Crippen LogP contribution is 2.43. The van der Waals surface area contributed by atoms with Crippen molar-refractivity contribution in [1.29, 1.82) is 0 Å². The lowest BCUT2D eigenvalue weighted by molar-refractivity contribution is 0.0561. The van der Waals surface area contributed by atoms with Gasteiger partial charge in [-0.05, 0) is 93.1 Å². The SMILES string of the molecule is CC(N)O.CCCOc1ccc(C(CC)(CC)C2=CC(C)=C(CCC(O)C(C)(C)C)C=CC2)cc1C. The Bertz CT molecular complexity index is 896. The van der Waals surface area contributed by atoms with Gasteiger partial charge >= 0.3 is 0 Å². The summed E-state index contributed by atoms with van der Waals surface area (Å²) in [6.45, 7) is 19.8. The molecule has 4 nitrogen and oxygen atoms in total. The van der Waals surface area contributed by atoms with E-state index in [9.17, 15) is 5.11 Å². The first-order valence-corrected chi connectivity index (χ1v) is 13.7. The largest absolute Gasteiger partial charge is 0.493 e. The molecule has 36 heavy (non-hydrogen) atoms. The molecule has 0 bridgehead atoms. The Morgan fingerprint density at radius 1 is 1.06 bits per heavy atom. The van der Waals surface area contributed by atoms with Crippen molar-refractivity contribution in [1.82, 2.24) is 0 Å². The summed E-state index contributed by atoms with van der Waals surface area (Å²) in [4.78, 5) is 0. The molecule has 0 aliphatic heterocycles. The molecular formula is C32H53NO3. The van der Waals surface area contributed by atoms with Crippen LogP contribution in [0.2, 0.25) is 0 Å². The first-order chi connectivity index (χ1) is 16.8. The van der Waals surface area contributed by atoms with Crippen LogP contribution in [-0.2, 0) is 5.41 Å². The molecule has 0 spiro atoms. The van der Waals surface area contributed by atoms with Gasteiger partial charge in [-0.15, -0.1) is 0 Å². The van der Waals surface area contributed by atoms with Crippen LogP contribution < -0.4 is 10.5 Å². The van der Waals surface area contributed by atoms with E-state index in [1.54, 1.807) is 0 Å². The van der Waals surface area contributed by atoms with Crippen molar-refractivity contribution in [3.63, 3.8) is 0 Å². The minimum Gasteiger partial charge on any atom is -0.493 e. The van der Waals surface area contributed by atoms with Crippen molar-refractivity contribution < 1.29 is 14.9 Å². The van der Waals surface area contributed by atoms with E-state index in [2.05, 4.69) is 97.6 Å². The number of hydrogen-bond donors (Lipinski definition) is 3. The number of nitrogens with two attached hydrogens (primary N) is 1. The van der Waals surface area contributed by atoms with E-state index in [-0.39, 0.29) is 16.9 Å². The third-order valence-corrected chi connectivity index (χ3v) is 7.25. The number of aliphatic hydroxyl groups is 2. The van der Waals surface area contributed by atoms with E-state index in [0.29, 0.717) is 0 Å². The summed E-state index contributed by atoms with van der Waals surface area (Å²) in [5.74, 6) is 1.00. The zero-order chi connectivity index (χ0) is 27.5. The van der Waals surface area contributed by atoms with Crippen LogP contribution >= 0.6 is 0 Å². The second-order valence-electron chi connectivity index (χ2n) is 11.3. The molecule has 4 heteroatoms. The summed E-state index contributed by atoms with van der Waals surface area (Å²) in [6, 6.07) is 6.78. The molecule has 0 fully saturated rings. The van der Waals surface area contributed by atoms with Crippen LogP contribution in [-0.4, -0.2) is 29.2 Å². The summed E-state index contributed by atoms with van der Waals surface area (Å²) in [5.41, 5.74) is 11.4. The van der Waals surface area contributed by atoms with Gasteiger partial charge in [0.25, 0.3) is 0 Å². The minimum atomic E-state index is -0.667. The average Bonchev–Trinajstić information content (AvgIpc) is 2.98. The van der Waals surface area contributed by atoms with Gasteiger partial charge in [0.15, 0.2) is 0 Å². The van der Waals surface area contributed by atoms with Gasteiger partial charge in [0, 0.05) is 5.41 Å². The van der Waals surface area contributed by atoms with Crippen LogP contribution in [0.25, 0.3) is 0 Å². The molecule has 2 unspecified atom stereocenters. The van der Waals surface area contributed by atoms with E-state index < -0.39 is 6.23 Å². The third-order valence-electron chi connectivity index (χ3n) is 7.25. The number of ether oxygens (including phenoxy) is 1. The Balaban J connectivity index is 0.00000150. The van der Waals surface area contributed by atoms with Gasteiger partial charge in [0.1, 0.15) is 5.75 Å². The van der Waals surface area contributed by atoms with Gasteiger partial charge in [0.2, 0.25) is 0 Å². The number of hydrogen-bond acceptors (Lipinski definition) is 4. The Morgan fingerprint density at radius 3 is 2.17 bits per heavy atom. The molecule has 1 aromatic carbocycles. The summed E-state index contributed by atoms with van der Waals surface area (Å²) in [6.07, 6.45) is 11.9. The van der Waals surface area contributed by atoms with Crippen LogP contribution in [0.1, 0.15) is 105 Å². The fourth-order valence-electron chi connectivity index (χ4n) is 4.83. The standard InChI is InChI=1S/C30H46O2.C2H7NO/c1-9-19-32-27-17-16-26(21-23(27)5)30(10-2,11-3)25-14-12-13-24(22(4)20-25)15-18-28(31)29(6,7)8;1-2(3)4/h12-13,16-17,20-21,28,31H,9-11,14-15,18-19H2,1-8H3;2,4H,3H2,1H3. The van der Waals surface area contributed by atoms with Crippen molar-refractivity contribution in [2.75, 3.05) is 6.61 Å². The molecule has 0 amide bonds. The lowest BCUT2D eigenvalue weighted by atomic mass is 9.68. The first kappa shape index (κ1) is 32.1. The van der Waals surface area contributed by atoms with Crippen molar-refractivity contribution >= 4 is 0 Å². The summed E-state index contributed by atoms with van der Waals surface area (Å²) in [7, 11) is 0. The van der Waals surface area contributed by atoms with Crippen molar-refractivity contribution in [2.24, 2.45) is 11.1 Å². The van der Waals surface area contributed by atoms with Crippen molar-refractivity contribution in [3.05, 3.63) is 64.3 Å². The van der Waals surface area contributed by atoms with Crippen LogP contribution in [0.5, 0.6) is 5.75 Å². The van der Waals surface area contributed by atoms with Gasteiger partial charge in [0.05, 0.1) is 18.9 Å². The fourth-order valence-corrected chi connectivity index (χ4v) is 4.83. The van der Waals surface area contributed by atoms with Crippen LogP contribution in [0.4, 0.5) is 0 Å². The molecule has 0 saturated carbocycles. The number of benzene rings is 1. The fraction of sp³-hybridized carbons (Fsp3) is 0.625. The number of allylic oxidation sites excluding steroid dienone is 6. The number of aryl methyl sites for hydroxylation is 1. The predicted molar refractivity (Wildman–Crippen MR) is 154 cm³/mol. The third kappa shape index (κ3) is 9.21. The maximum atomic E-state index is 10.5. The van der Waals surface area contributed by atoms with Crippen LogP contribution in [0, 0.1) is 12.3 Å². The van der Waals surface area contributed by atoms with E-state index in [0.717, 1.165) is 50.9 Å². The van der Waals surface area contributed by atoms with Crippen molar-refractivity contribution in [2.45, 2.75) is 119 Å². The van der Waals surface area contributed by atoms with Gasteiger partial charge in [-0.25, -0.2) is 0 Å². The summed E-state index contributed by atoms with van der Waals surface area (Å²) >= 11 is 0. The molecule has 0 heterocycles. The molecule has 2 rings (SSSR count). The van der Waals surface area contributed by atoms with Crippen molar-refractivity contribution in [3.8, 4) is 5.75 Å². The Labute approximate surface area is 221 Å². The lowest BCUT2D eigenvalue weighted by Gasteiger charge is -2.36. The maximum absolute atomic E-state index is 10.5. The average molecular weight is 500 g/mol. The summed E-state index contributed by atoms with van der Waals surface area (Å²) < 4.78 is 5.93. The van der Waals surface area contributed by atoms with Gasteiger partial charge in [-0.2, -0.15) is 0 Å². The second-order valence-corrected chi connectivity index (χ2v) is 11.3. The van der Waals surface area contributed by atoms with Crippen LogP contribution in [0.15, 0.2) is 53.1 Å².